The summed E-state index contributed by atoms with van der Waals surface area (Å²) in [7, 11) is 4.68. The topological polar surface area (TPSA) is 105 Å². The van der Waals surface area contributed by atoms with E-state index >= 15 is 0 Å². The zero-order valence-electron chi connectivity index (χ0n) is 18.7. The number of aromatic amines is 1. The van der Waals surface area contributed by atoms with Gasteiger partial charge < -0.3 is 29.8 Å². The van der Waals surface area contributed by atoms with Crippen LogP contribution < -0.4 is 24.8 Å². The third-order valence-corrected chi connectivity index (χ3v) is 5.55. The molecular weight excluding hydrogens is 400 g/mol. The van der Waals surface area contributed by atoms with E-state index < -0.39 is 0 Å². The van der Waals surface area contributed by atoms with E-state index in [-0.39, 0.29) is 17.9 Å². The normalized spacial score (nSPS) is 15.0. The number of fused-ring (bicyclic) bond motifs is 1. The van der Waals surface area contributed by atoms with Gasteiger partial charge in [0.1, 0.15) is 11.4 Å². The van der Waals surface area contributed by atoms with Crippen molar-refractivity contribution in [3.8, 4) is 17.2 Å². The van der Waals surface area contributed by atoms with Crippen LogP contribution in [0.2, 0.25) is 0 Å². The Morgan fingerprint density at radius 1 is 1.10 bits per heavy atom. The number of rotatable bonds is 9. The molecule has 9 nitrogen and oxygen atoms in total. The lowest BCUT2D eigenvalue weighted by Crippen LogP contribution is -2.47. The van der Waals surface area contributed by atoms with E-state index in [0.29, 0.717) is 41.5 Å². The van der Waals surface area contributed by atoms with E-state index in [4.69, 9.17) is 14.2 Å². The minimum Gasteiger partial charge on any atom is -0.496 e. The lowest BCUT2D eigenvalue weighted by atomic mass is 10.0. The summed E-state index contributed by atoms with van der Waals surface area (Å²) in [6.45, 7) is 4.69. The molecule has 0 unspecified atom stereocenters. The van der Waals surface area contributed by atoms with Gasteiger partial charge in [-0.05, 0) is 25.3 Å². The van der Waals surface area contributed by atoms with Gasteiger partial charge in [0.25, 0.3) is 5.91 Å². The van der Waals surface area contributed by atoms with Gasteiger partial charge in [0.15, 0.2) is 11.5 Å². The van der Waals surface area contributed by atoms with Crippen molar-refractivity contribution in [3.63, 3.8) is 0 Å². The average molecular weight is 433 g/mol. The molecule has 2 aromatic rings. The van der Waals surface area contributed by atoms with Crippen molar-refractivity contribution >= 4 is 22.7 Å². The molecule has 0 spiro atoms. The van der Waals surface area contributed by atoms with Gasteiger partial charge in [0.05, 0.1) is 33.4 Å². The van der Waals surface area contributed by atoms with Crippen molar-refractivity contribution in [3.05, 3.63) is 17.8 Å². The molecule has 2 amide bonds. The zero-order valence-corrected chi connectivity index (χ0v) is 18.7. The molecule has 9 heteroatoms. The Morgan fingerprint density at radius 2 is 1.81 bits per heavy atom. The first-order valence-electron chi connectivity index (χ1n) is 10.6. The van der Waals surface area contributed by atoms with Crippen LogP contribution in [0.1, 0.15) is 36.7 Å². The van der Waals surface area contributed by atoms with Crippen LogP contribution in [0.5, 0.6) is 17.2 Å². The minimum absolute atomic E-state index is 0.0562. The fraction of sp³-hybridized carbons (Fsp3) is 0.545. The summed E-state index contributed by atoms with van der Waals surface area (Å²) in [5, 5.41) is 6.75. The second-order valence-electron chi connectivity index (χ2n) is 7.66. The van der Waals surface area contributed by atoms with Gasteiger partial charge in [-0.15, -0.1) is 0 Å². The number of aromatic nitrogens is 1. The molecule has 1 aliphatic heterocycles. The van der Waals surface area contributed by atoms with Gasteiger partial charge in [0, 0.05) is 37.1 Å². The highest BCUT2D eigenvalue weighted by Gasteiger charge is 2.24. The fourth-order valence-corrected chi connectivity index (χ4v) is 3.88. The van der Waals surface area contributed by atoms with Crippen molar-refractivity contribution in [2.45, 2.75) is 32.2 Å². The maximum atomic E-state index is 12.9. The van der Waals surface area contributed by atoms with Gasteiger partial charge in [-0.25, -0.2) is 0 Å². The summed E-state index contributed by atoms with van der Waals surface area (Å²) in [4.78, 5) is 30.0. The second-order valence-corrected chi connectivity index (χ2v) is 7.66. The first-order chi connectivity index (χ1) is 15.0. The van der Waals surface area contributed by atoms with Crippen LogP contribution in [0.4, 0.5) is 0 Å². The van der Waals surface area contributed by atoms with Gasteiger partial charge in [-0.3, -0.25) is 14.5 Å². The van der Waals surface area contributed by atoms with E-state index in [1.165, 1.54) is 0 Å². The molecule has 0 aliphatic carbocycles. The Bertz CT molecular complexity index is 918. The van der Waals surface area contributed by atoms with Crippen LogP contribution in [-0.4, -0.2) is 75.2 Å². The number of amides is 2. The average Bonchev–Trinajstić information content (AvgIpc) is 3.23. The Labute approximate surface area is 182 Å². The van der Waals surface area contributed by atoms with Crippen molar-refractivity contribution in [2.75, 3.05) is 47.5 Å². The van der Waals surface area contributed by atoms with E-state index in [1.54, 1.807) is 33.5 Å². The van der Waals surface area contributed by atoms with E-state index in [9.17, 15) is 9.59 Å². The molecule has 1 fully saturated rings. The number of carbonyl (C=O) groups is 2. The molecule has 0 saturated carbocycles. The number of nitrogens with zero attached hydrogens (tertiary/aromatic N) is 1. The largest absolute Gasteiger partial charge is 0.496 e. The van der Waals surface area contributed by atoms with E-state index in [1.807, 2.05) is 6.92 Å². The predicted molar refractivity (Wildman–Crippen MR) is 118 cm³/mol. The first-order valence-corrected chi connectivity index (χ1v) is 10.6. The third kappa shape index (κ3) is 5.22. The number of likely N-dealkylation sites (tertiary alicyclic amines) is 1. The van der Waals surface area contributed by atoms with Crippen LogP contribution in [0, 0.1) is 0 Å². The van der Waals surface area contributed by atoms with Crippen molar-refractivity contribution in [1.82, 2.24) is 20.5 Å². The smallest absolute Gasteiger partial charge is 0.267 e. The second kappa shape index (κ2) is 10.4. The number of methoxy groups -OCH3 is 3. The van der Waals surface area contributed by atoms with Gasteiger partial charge >= 0.3 is 0 Å². The first kappa shape index (κ1) is 22.7. The van der Waals surface area contributed by atoms with Crippen LogP contribution in [0.25, 0.3) is 10.9 Å². The van der Waals surface area contributed by atoms with Crippen molar-refractivity contribution < 1.29 is 23.8 Å². The maximum absolute atomic E-state index is 12.9. The van der Waals surface area contributed by atoms with Crippen LogP contribution in [0.15, 0.2) is 12.1 Å². The Kier molecular flexibility index (Phi) is 7.62. The predicted octanol–water partition coefficient (Wildman–Crippen LogP) is 1.91. The highest BCUT2D eigenvalue weighted by atomic mass is 16.5. The highest BCUT2D eigenvalue weighted by Crippen LogP contribution is 2.41. The molecule has 1 aliphatic rings. The van der Waals surface area contributed by atoms with E-state index in [0.717, 1.165) is 37.7 Å². The highest BCUT2D eigenvalue weighted by molar-refractivity contribution is 6.02. The SMILES string of the molecule is CCCNC(=O)CN1CCC(NC(=O)c2cc3c(OC)cc(OC)c(OC)c3[nH]2)CC1. The molecule has 31 heavy (non-hydrogen) atoms. The minimum atomic E-state index is -0.182. The van der Waals surface area contributed by atoms with E-state index in [2.05, 4.69) is 20.5 Å². The zero-order chi connectivity index (χ0) is 22.4. The fourth-order valence-electron chi connectivity index (χ4n) is 3.88. The molecule has 1 aromatic heterocycles. The number of piperidine rings is 1. The maximum Gasteiger partial charge on any atom is 0.267 e. The molecule has 3 rings (SSSR count). The summed E-state index contributed by atoms with van der Waals surface area (Å²) in [6.07, 6.45) is 2.53. The molecule has 3 N–H and O–H groups in total. The number of benzene rings is 1. The van der Waals surface area contributed by atoms with Crippen molar-refractivity contribution in [1.29, 1.82) is 0 Å². The molecule has 0 radical (unpaired) electrons. The Morgan fingerprint density at radius 3 is 2.42 bits per heavy atom. The summed E-state index contributed by atoms with van der Waals surface area (Å²) in [5.41, 5.74) is 1.08. The number of nitrogens with one attached hydrogen (secondary N) is 3. The quantitative estimate of drug-likeness (QED) is 0.559. The standard InChI is InChI=1S/C22H32N4O5/c1-5-8-23-19(27)13-26-9-6-14(7-10-26)24-22(28)16-11-15-17(29-2)12-18(30-3)21(31-4)20(15)25-16/h11-12,14,25H,5-10,13H2,1-4H3,(H,23,27)(H,24,28). The monoisotopic (exact) mass is 432 g/mol. The molecule has 2 heterocycles. The van der Waals surface area contributed by atoms with Crippen molar-refractivity contribution in [2.24, 2.45) is 0 Å². The molecule has 1 aromatic carbocycles. The molecule has 1 saturated heterocycles. The van der Waals surface area contributed by atoms with Gasteiger partial charge in [-0.2, -0.15) is 0 Å². The molecule has 0 atom stereocenters. The number of hydrogen-bond acceptors (Lipinski definition) is 6. The van der Waals surface area contributed by atoms with Crippen LogP contribution >= 0.6 is 0 Å². The lowest BCUT2D eigenvalue weighted by Gasteiger charge is -2.31. The summed E-state index contributed by atoms with van der Waals surface area (Å²) in [6, 6.07) is 3.56. The summed E-state index contributed by atoms with van der Waals surface area (Å²) < 4.78 is 16.3. The molecule has 0 bridgehead atoms. The Balaban J connectivity index is 1.64. The number of ether oxygens (including phenoxy) is 3. The summed E-state index contributed by atoms with van der Waals surface area (Å²) in [5.74, 6) is 1.51. The number of H-pyrrole nitrogens is 1. The van der Waals surface area contributed by atoms with Crippen LogP contribution in [0.3, 0.4) is 0 Å². The van der Waals surface area contributed by atoms with Gasteiger partial charge in [-0.1, -0.05) is 6.92 Å². The lowest BCUT2D eigenvalue weighted by molar-refractivity contribution is -0.122. The van der Waals surface area contributed by atoms with Crippen LogP contribution in [-0.2, 0) is 4.79 Å². The third-order valence-electron chi connectivity index (χ3n) is 5.55. The van der Waals surface area contributed by atoms with Gasteiger partial charge in [0.2, 0.25) is 5.91 Å². The Hall–Kier alpha value is -2.94. The molecular formula is C22H32N4O5. The number of hydrogen-bond donors (Lipinski definition) is 3. The molecule has 170 valence electrons. The summed E-state index contributed by atoms with van der Waals surface area (Å²) >= 11 is 0. The number of carbonyl (C=O) groups excluding carboxylic acids is 2.